The topological polar surface area (TPSA) is 74.0 Å². The molecule has 1 aromatic heterocycles. The number of amides is 1. The third kappa shape index (κ3) is 2.74. The summed E-state index contributed by atoms with van der Waals surface area (Å²) in [6.45, 7) is 3.80. The van der Waals surface area contributed by atoms with E-state index in [2.05, 4.69) is 15.6 Å². The summed E-state index contributed by atoms with van der Waals surface area (Å²) in [5.41, 5.74) is -0.295. The number of rotatable bonds is 2. The molecule has 0 bridgehead atoms. The number of H-pyrrole nitrogens is 1. The Hall–Kier alpha value is -1.62. The molecule has 1 aromatic rings. The number of aromatic nitrogens is 1. The van der Waals surface area contributed by atoms with E-state index in [-0.39, 0.29) is 22.4 Å². The Balaban J connectivity index is 2.11. The molecule has 0 spiro atoms. The van der Waals surface area contributed by atoms with Gasteiger partial charge in [-0.1, -0.05) is 0 Å². The van der Waals surface area contributed by atoms with Crippen LogP contribution in [0.3, 0.4) is 0 Å². The van der Waals surface area contributed by atoms with E-state index in [1.54, 1.807) is 0 Å². The Bertz CT molecular complexity index is 461. The van der Waals surface area contributed by atoms with Crippen LogP contribution < -0.4 is 16.1 Å². The van der Waals surface area contributed by atoms with Crippen molar-refractivity contribution in [3.8, 4) is 0 Å². The molecule has 1 aliphatic heterocycles. The number of carbonyl (C=O) groups is 1. The molecule has 0 aliphatic carbocycles. The average molecular weight is 235 g/mol. The number of hydrogen-bond acceptors (Lipinski definition) is 3. The predicted octanol–water partition coefficient (Wildman–Crippen LogP) is 0.247. The van der Waals surface area contributed by atoms with E-state index in [0.717, 1.165) is 25.9 Å². The second kappa shape index (κ2) is 4.71. The van der Waals surface area contributed by atoms with Gasteiger partial charge >= 0.3 is 0 Å². The quantitative estimate of drug-likeness (QED) is 0.687. The zero-order valence-electron chi connectivity index (χ0n) is 9.88. The molecule has 2 rings (SSSR count). The van der Waals surface area contributed by atoms with Crippen molar-refractivity contribution in [2.45, 2.75) is 25.3 Å². The fraction of sp³-hybridized carbons (Fsp3) is 0.500. The Morgan fingerprint density at radius 2 is 2.12 bits per heavy atom. The second-order valence-electron chi connectivity index (χ2n) is 4.69. The van der Waals surface area contributed by atoms with Gasteiger partial charge in [0.05, 0.1) is 0 Å². The molecule has 1 aliphatic rings. The van der Waals surface area contributed by atoms with Crippen LogP contribution in [0, 0.1) is 0 Å². The summed E-state index contributed by atoms with van der Waals surface area (Å²) in [6.07, 6.45) is 4.72. The highest BCUT2D eigenvalue weighted by atomic mass is 16.2. The maximum absolute atomic E-state index is 12.0. The summed E-state index contributed by atoms with van der Waals surface area (Å²) < 4.78 is 0. The van der Waals surface area contributed by atoms with Crippen LogP contribution in [-0.4, -0.2) is 29.5 Å². The zero-order chi connectivity index (χ0) is 12.3. The van der Waals surface area contributed by atoms with Crippen LogP contribution in [-0.2, 0) is 0 Å². The van der Waals surface area contributed by atoms with E-state index >= 15 is 0 Å². The molecule has 0 aromatic carbocycles. The molecular formula is C12H17N3O2. The van der Waals surface area contributed by atoms with E-state index in [0.29, 0.717) is 0 Å². The van der Waals surface area contributed by atoms with Gasteiger partial charge in [0.25, 0.3) is 5.91 Å². The van der Waals surface area contributed by atoms with Crippen LogP contribution in [0.5, 0.6) is 0 Å². The van der Waals surface area contributed by atoms with Gasteiger partial charge in [0, 0.05) is 24.0 Å². The maximum Gasteiger partial charge on any atom is 0.257 e. The highest BCUT2D eigenvalue weighted by molar-refractivity contribution is 5.94. The fourth-order valence-electron chi connectivity index (χ4n) is 2.04. The Morgan fingerprint density at radius 3 is 2.76 bits per heavy atom. The molecule has 5 heteroatoms. The molecule has 5 nitrogen and oxygen atoms in total. The zero-order valence-corrected chi connectivity index (χ0v) is 9.88. The number of carbonyl (C=O) groups excluding carboxylic acids is 1. The lowest BCUT2D eigenvalue weighted by Crippen LogP contribution is -2.52. The van der Waals surface area contributed by atoms with Crippen LogP contribution in [0.25, 0.3) is 0 Å². The number of pyridine rings is 1. The molecule has 0 radical (unpaired) electrons. The van der Waals surface area contributed by atoms with Crippen molar-refractivity contribution in [3.05, 3.63) is 34.2 Å². The van der Waals surface area contributed by atoms with Gasteiger partial charge in [-0.25, -0.2) is 0 Å². The van der Waals surface area contributed by atoms with E-state index in [4.69, 9.17) is 0 Å². The average Bonchev–Trinajstić information content (AvgIpc) is 2.29. The highest BCUT2D eigenvalue weighted by Gasteiger charge is 2.29. The van der Waals surface area contributed by atoms with Crippen molar-refractivity contribution >= 4 is 5.91 Å². The first-order valence-corrected chi connectivity index (χ1v) is 5.81. The third-order valence-corrected chi connectivity index (χ3v) is 3.19. The minimum absolute atomic E-state index is 0.173. The molecule has 17 heavy (non-hydrogen) atoms. The van der Waals surface area contributed by atoms with Crippen molar-refractivity contribution < 1.29 is 4.79 Å². The van der Waals surface area contributed by atoms with E-state index in [1.165, 1.54) is 18.5 Å². The van der Waals surface area contributed by atoms with Crippen molar-refractivity contribution in [2.75, 3.05) is 13.1 Å². The lowest BCUT2D eigenvalue weighted by atomic mass is 9.90. The first-order valence-electron chi connectivity index (χ1n) is 5.81. The van der Waals surface area contributed by atoms with E-state index in [1.807, 2.05) is 6.92 Å². The summed E-state index contributed by atoms with van der Waals surface area (Å²) >= 11 is 0. The number of piperidine rings is 1. The fourth-order valence-corrected chi connectivity index (χ4v) is 2.04. The largest absolute Gasteiger partial charge is 0.367 e. The van der Waals surface area contributed by atoms with Crippen molar-refractivity contribution in [1.82, 2.24) is 15.6 Å². The smallest absolute Gasteiger partial charge is 0.257 e. The van der Waals surface area contributed by atoms with Gasteiger partial charge in [-0.05, 0) is 32.9 Å². The highest BCUT2D eigenvalue weighted by Crippen LogP contribution is 2.17. The van der Waals surface area contributed by atoms with Gasteiger partial charge in [-0.3, -0.25) is 9.59 Å². The van der Waals surface area contributed by atoms with Crippen LogP contribution in [0.15, 0.2) is 23.3 Å². The van der Waals surface area contributed by atoms with Gasteiger partial charge in [0.2, 0.25) is 0 Å². The normalized spacial score (nSPS) is 18.6. The van der Waals surface area contributed by atoms with Crippen LogP contribution >= 0.6 is 0 Å². The molecule has 92 valence electrons. The molecule has 0 atom stereocenters. The summed E-state index contributed by atoms with van der Waals surface area (Å²) in [5.74, 6) is -0.295. The molecule has 2 heterocycles. The monoisotopic (exact) mass is 235 g/mol. The molecule has 1 amide bonds. The Morgan fingerprint density at radius 1 is 1.41 bits per heavy atom. The van der Waals surface area contributed by atoms with Gasteiger partial charge in [-0.2, -0.15) is 0 Å². The van der Waals surface area contributed by atoms with Gasteiger partial charge in [0.15, 0.2) is 5.43 Å². The SMILES string of the molecule is CC1(NC(=O)c2c[nH]ccc2=O)CCNCC1. The van der Waals surface area contributed by atoms with Gasteiger partial charge in [0.1, 0.15) is 5.56 Å². The van der Waals surface area contributed by atoms with E-state index in [9.17, 15) is 9.59 Å². The van der Waals surface area contributed by atoms with Crippen molar-refractivity contribution in [3.63, 3.8) is 0 Å². The van der Waals surface area contributed by atoms with Crippen LogP contribution in [0.4, 0.5) is 0 Å². The minimum atomic E-state index is -0.295. The third-order valence-electron chi connectivity index (χ3n) is 3.19. The summed E-state index contributed by atoms with van der Waals surface area (Å²) in [6, 6.07) is 1.36. The molecule has 0 unspecified atom stereocenters. The lowest BCUT2D eigenvalue weighted by molar-refractivity contribution is 0.0886. The maximum atomic E-state index is 12.0. The minimum Gasteiger partial charge on any atom is -0.367 e. The van der Waals surface area contributed by atoms with Gasteiger partial charge in [-0.15, -0.1) is 0 Å². The Kier molecular flexibility index (Phi) is 3.28. The van der Waals surface area contributed by atoms with Crippen LogP contribution in [0.2, 0.25) is 0 Å². The molecular weight excluding hydrogens is 218 g/mol. The summed E-state index contributed by atoms with van der Waals surface area (Å²) in [4.78, 5) is 26.3. The predicted molar refractivity (Wildman–Crippen MR) is 65.0 cm³/mol. The Labute approximate surface area is 99.6 Å². The second-order valence-corrected chi connectivity index (χ2v) is 4.69. The molecule has 0 saturated carbocycles. The van der Waals surface area contributed by atoms with Crippen molar-refractivity contribution in [1.29, 1.82) is 0 Å². The molecule has 3 N–H and O–H groups in total. The number of aromatic amines is 1. The van der Waals surface area contributed by atoms with E-state index < -0.39 is 0 Å². The first-order chi connectivity index (χ1) is 8.11. The van der Waals surface area contributed by atoms with Gasteiger partial charge < -0.3 is 15.6 Å². The van der Waals surface area contributed by atoms with Crippen LogP contribution in [0.1, 0.15) is 30.1 Å². The molecule has 1 saturated heterocycles. The standard InChI is InChI=1S/C12H17N3O2/c1-12(3-6-13-7-4-12)15-11(17)9-8-14-5-2-10(9)16/h2,5,8,13H,3-4,6-7H2,1H3,(H,14,16)(H,15,17). The summed E-state index contributed by atoms with van der Waals surface area (Å²) in [7, 11) is 0. The number of nitrogens with one attached hydrogen (secondary N) is 3. The van der Waals surface area contributed by atoms with Crippen molar-refractivity contribution in [2.24, 2.45) is 0 Å². The lowest BCUT2D eigenvalue weighted by Gasteiger charge is -2.34. The number of hydrogen-bond donors (Lipinski definition) is 3. The summed E-state index contributed by atoms with van der Waals surface area (Å²) in [5, 5.41) is 6.20. The molecule has 1 fully saturated rings. The first kappa shape index (κ1) is 11.9.